The van der Waals surface area contributed by atoms with Crippen LogP contribution in [0.5, 0.6) is 0 Å². The minimum absolute atomic E-state index is 0.00861. The maximum atomic E-state index is 12.1. The first kappa shape index (κ1) is 12.8. The van der Waals surface area contributed by atoms with Gasteiger partial charge in [-0.05, 0) is 25.7 Å². The zero-order valence-corrected chi connectivity index (χ0v) is 10.1. The van der Waals surface area contributed by atoms with Crippen LogP contribution in [0.4, 0.5) is 0 Å². The smallest absolute Gasteiger partial charge is 0.223 e. The molecule has 2 aliphatic heterocycles. The Morgan fingerprint density at radius 3 is 2.35 bits per heavy atom. The van der Waals surface area contributed by atoms with E-state index in [1.807, 2.05) is 0 Å². The second-order valence-corrected chi connectivity index (χ2v) is 4.93. The summed E-state index contributed by atoms with van der Waals surface area (Å²) in [6, 6.07) is 0. The van der Waals surface area contributed by atoms with Crippen LogP contribution in [0.3, 0.4) is 0 Å². The highest BCUT2D eigenvalue weighted by atomic mass is 16.5. The SMILES string of the molecule is O=C(NC1(CO)CCOCC1)C1CCOCC1. The van der Waals surface area contributed by atoms with Gasteiger partial charge in [0.2, 0.25) is 5.91 Å². The second-order valence-electron chi connectivity index (χ2n) is 4.93. The standard InChI is InChI=1S/C12H21NO4/c14-9-12(3-7-17-8-4-12)13-11(15)10-1-5-16-6-2-10/h10,14H,1-9H2,(H,13,15). The van der Waals surface area contributed by atoms with Crippen molar-refractivity contribution in [3.63, 3.8) is 0 Å². The number of rotatable bonds is 3. The molecular weight excluding hydrogens is 222 g/mol. The number of hydrogen-bond donors (Lipinski definition) is 2. The van der Waals surface area contributed by atoms with Crippen LogP contribution in [0.2, 0.25) is 0 Å². The molecule has 2 aliphatic rings. The van der Waals surface area contributed by atoms with E-state index in [-0.39, 0.29) is 18.4 Å². The van der Waals surface area contributed by atoms with Crippen LogP contribution < -0.4 is 5.32 Å². The van der Waals surface area contributed by atoms with Gasteiger partial charge in [-0.2, -0.15) is 0 Å². The van der Waals surface area contributed by atoms with E-state index in [1.54, 1.807) is 0 Å². The van der Waals surface area contributed by atoms with Crippen molar-refractivity contribution in [2.24, 2.45) is 5.92 Å². The van der Waals surface area contributed by atoms with E-state index in [4.69, 9.17) is 9.47 Å². The van der Waals surface area contributed by atoms with Gasteiger partial charge in [0.25, 0.3) is 0 Å². The molecular formula is C12H21NO4. The third-order valence-electron chi connectivity index (χ3n) is 3.73. The van der Waals surface area contributed by atoms with Crippen molar-refractivity contribution in [2.75, 3.05) is 33.0 Å². The van der Waals surface area contributed by atoms with Gasteiger partial charge in [-0.15, -0.1) is 0 Å². The molecule has 0 radical (unpaired) electrons. The largest absolute Gasteiger partial charge is 0.394 e. The Hall–Kier alpha value is -0.650. The number of carbonyl (C=O) groups is 1. The van der Waals surface area contributed by atoms with Crippen molar-refractivity contribution in [3.8, 4) is 0 Å². The Labute approximate surface area is 101 Å². The van der Waals surface area contributed by atoms with Gasteiger partial charge in [0, 0.05) is 32.3 Å². The van der Waals surface area contributed by atoms with E-state index in [9.17, 15) is 9.90 Å². The molecule has 0 aromatic heterocycles. The highest BCUT2D eigenvalue weighted by Crippen LogP contribution is 2.22. The summed E-state index contributed by atoms with van der Waals surface area (Å²) in [5.74, 6) is 0.0965. The van der Waals surface area contributed by atoms with Crippen molar-refractivity contribution in [1.29, 1.82) is 0 Å². The zero-order chi connectivity index (χ0) is 12.1. The summed E-state index contributed by atoms with van der Waals surface area (Å²) in [5, 5.41) is 12.5. The molecule has 17 heavy (non-hydrogen) atoms. The lowest BCUT2D eigenvalue weighted by Crippen LogP contribution is -2.56. The van der Waals surface area contributed by atoms with Crippen LogP contribution in [0.25, 0.3) is 0 Å². The molecule has 0 aliphatic carbocycles. The number of aliphatic hydroxyl groups excluding tert-OH is 1. The molecule has 98 valence electrons. The van der Waals surface area contributed by atoms with Crippen LogP contribution in [0.15, 0.2) is 0 Å². The van der Waals surface area contributed by atoms with Crippen molar-refractivity contribution in [1.82, 2.24) is 5.32 Å². The van der Waals surface area contributed by atoms with Gasteiger partial charge in [0.15, 0.2) is 0 Å². The number of carbonyl (C=O) groups excluding carboxylic acids is 1. The molecule has 5 nitrogen and oxygen atoms in total. The average molecular weight is 243 g/mol. The topological polar surface area (TPSA) is 67.8 Å². The number of aliphatic hydroxyl groups is 1. The summed E-state index contributed by atoms with van der Waals surface area (Å²) >= 11 is 0. The van der Waals surface area contributed by atoms with Crippen LogP contribution in [-0.4, -0.2) is 49.6 Å². The quantitative estimate of drug-likeness (QED) is 0.736. The van der Waals surface area contributed by atoms with Gasteiger partial charge >= 0.3 is 0 Å². The minimum Gasteiger partial charge on any atom is -0.394 e. The fraction of sp³-hybridized carbons (Fsp3) is 0.917. The molecule has 0 saturated carbocycles. The van der Waals surface area contributed by atoms with E-state index in [0.29, 0.717) is 39.3 Å². The van der Waals surface area contributed by atoms with Crippen molar-refractivity contribution >= 4 is 5.91 Å². The van der Waals surface area contributed by atoms with E-state index in [2.05, 4.69) is 5.32 Å². The van der Waals surface area contributed by atoms with Crippen molar-refractivity contribution in [2.45, 2.75) is 31.2 Å². The van der Waals surface area contributed by atoms with Gasteiger partial charge in [-0.3, -0.25) is 4.79 Å². The first-order valence-electron chi connectivity index (χ1n) is 6.34. The van der Waals surface area contributed by atoms with Gasteiger partial charge in [0.05, 0.1) is 12.1 Å². The Balaban J connectivity index is 1.90. The molecule has 0 aromatic carbocycles. The van der Waals surface area contributed by atoms with Gasteiger partial charge in [-0.1, -0.05) is 0 Å². The molecule has 2 fully saturated rings. The Bertz CT molecular complexity index is 257. The van der Waals surface area contributed by atoms with Crippen molar-refractivity contribution < 1.29 is 19.4 Å². The number of hydrogen-bond acceptors (Lipinski definition) is 4. The van der Waals surface area contributed by atoms with Crippen LogP contribution in [0, 0.1) is 5.92 Å². The fourth-order valence-electron chi connectivity index (χ4n) is 2.41. The molecule has 2 heterocycles. The number of nitrogens with one attached hydrogen (secondary N) is 1. The van der Waals surface area contributed by atoms with Crippen LogP contribution >= 0.6 is 0 Å². The molecule has 2 saturated heterocycles. The maximum absolute atomic E-state index is 12.1. The van der Waals surface area contributed by atoms with Gasteiger partial charge in [-0.25, -0.2) is 0 Å². The van der Waals surface area contributed by atoms with E-state index in [0.717, 1.165) is 12.8 Å². The summed E-state index contributed by atoms with van der Waals surface area (Å²) in [7, 11) is 0. The summed E-state index contributed by atoms with van der Waals surface area (Å²) in [6.45, 7) is 2.52. The highest BCUT2D eigenvalue weighted by molar-refractivity contribution is 5.79. The Morgan fingerprint density at radius 1 is 1.18 bits per heavy atom. The molecule has 0 aromatic rings. The lowest BCUT2D eigenvalue weighted by molar-refractivity contribution is -0.132. The maximum Gasteiger partial charge on any atom is 0.223 e. The van der Waals surface area contributed by atoms with E-state index in [1.165, 1.54) is 0 Å². The molecule has 0 spiro atoms. The van der Waals surface area contributed by atoms with Crippen molar-refractivity contribution in [3.05, 3.63) is 0 Å². The zero-order valence-electron chi connectivity index (χ0n) is 10.1. The first-order valence-corrected chi connectivity index (χ1v) is 6.34. The third-order valence-corrected chi connectivity index (χ3v) is 3.73. The van der Waals surface area contributed by atoms with Crippen LogP contribution in [0.1, 0.15) is 25.7 Å². The second kappa shape index (κ2) is 5.80. The average Bonchev–Trinajstić information content (AvgIpc) is 2.41. The molecule has 2 rings (SSSR count). The van der Waals surface area contributed by atoms with E-state index >= 15 is 0 Å². The summed E-state index contributed by atoms with van der Waals surface area (Å²) in [6.07, 6.45) is 2.95. The van der Waals surface area contributed by atoms with Gasteiger partial charge < -0.3 is 19.9 Å². The lowest BCUT2D eigenvalue weighted by Gasteiger charge is -2.37. The molecule has 2 N–H and O–H groups in total. The predicted molar refractivity (Wildman–Crippen MR) is 61.6 cm³/mol. The lowest BCUT2D eigenvalue weighted by atomic mass is 9.89. The summed E-state index contributed by atoms with van der Waals surface area (Å²) in [4.78, 5) is 12.1. The number of ether oxygens (including phenoxy) is 2. The molecule has 0 bridgehead atoms. The summed E-state index contributed by atoms with van der Waals surface area (Å²) < 4.78 is 10.5. The monoisotopic (exact) mass is 243 g/mol. The molecule has 0 unspecified atom stereocenters. The first-order chi connectivity index (χ1) is 8.26. The highest BCUT2D eigenvalue weighted by Gasteiger charge is 2.35. The number of amides is 1. The molecule has 1 amide bonds. The minimum atomic E-state index is -0.465. The Kier molecular flexibility index (Phi) is 4.36. The predicted octanol–water partition coefficient (Wildman–Crippen LogP) is 0.0707. The van der Waals surface area contributed by atoms with E-state index < -0.39 is 5.54 Å². The van der Waals surface area contributed by atoms with Gasteiger partial charge in [0.1, 0.15) is 0 Å². The van der Waals surface area contributed by atoms with Crippen LogP contribution in [-0.2, 0) is 14.3 Å². The third kappa shape index (κ3) is 3.18. The summed E-state index contributed by atoms with van der Waals surface area (Å²) in [5.41, 5.74) is -0.465. The molecule has 0 atom stereocenters. The molecule has 5 heteroatoms. The fourth-order valence-corrected chi connectivity index (χ4v) is 2.41. The normalized spacial score (nSPS) is 25.5. The Morgan fingerprint density at radius 2 is 1.76 bits per heavy atom.